The first-order chi connectivity index (χ1) is 7.25. The van der Waals surface area contributed by atoms with Crippen LogP contribution >= 0.6 is 11.3 Å². The van der Waals surface area contributed by atoms with Gasteiger partial charge in [0.15, 0.2) is 0 Å². The molecule has 1 saturated heterocycles. The summed E-state index contributed by atoms with van der Waals surface area (Å²) in [6, 6.07) is 0. The maximum absolute atomic E-state index is 11.3. The molecule has 0 saturated carbocycles. The summed E-state index contributed by atoms with van der Waals surface area (Å²) in [5.74, 6) is 0.324. The van der Waals surface area contributed by atoms with Crippen molar-refractivity contribution < 1.29 is 4.79 Å². The van der Waals surface area contributed by atoms with Gasteiger partial charge >= 0.3 is 0 Å². The molecule has 0 N–H and O–H groups in total. The SMILES string of the molecule is Cc1csc(CCCN2CCCC2=O)n1. The fourth-order valence-corrected chi connectivity index (χ4v) is 2.70. The van der Waals surface area contributed by atoms with Gasteiger partial charge in [0.05, 0.1) is 5.01 Å². The van der Waals surface area contributed by atoms with E-state index in [4.69, 9.17) is 0 Å². The first-order valence-corrected chi connectivity index (χ1v) is 6.32. The Kier molecular flexibility index (Phi) is 3.36. The van der Waals surface area contributed by atoms with Crippen molar-refractivity contribution in [2.45, 2.75) is 32.6 Å². The zero-order valence-electron chi connectivity index (χ0n) is 9.03. The van der Waals surface area contributed by atoms with Gasteiger partial charge in [0.1, 0.15) is 0 Å². The van der Waals surface area contributed by atoms with Crippen molar-refractivity contribution in [1.29, 1.82) is 0 Å². The molecule has 0 radical (unpaired) electrons. The van der Waals surface area contributed by atoms with Gasteiger partial charge in [-0.15, -0.1) is 11.3 Å². The van der Waals surface area contributed by atoms with E-state index in [0.717, 1.165) is 44.5 Å². The highest BCUT2D eigenvalue weighted by molar-refractivity contribution is 7.09. The van der Waals surface area contributed by atoms with Gasteiger partial charge in [-0.25, -0.2) is 4.98 Å². The molecule has 2 heterocycles. The van der Waals surface area contributed by atoms with E-state index in [2.05, 4.69) is 10.4 Å². The number of amides is 1. The minimum atomic E-state index is 0.324. The summed E-state index contributed by atoms with van der Waals surface area (Å²) in [6.45, 7) is 3.87. The third-order valence-electron chi connectivity index (χ3n) is 2.66. The number of rotatable bonds is 4. The van der Waals surface area contributed by atoms with Crippen molar-refractivity contribution >= 4 is 17.2 Å². The number of hydrogen-bond donors (Lipinski definition) is 0. The van der Waals surface area contributed by atoms with E-state index < -0.39 is 0 Å². The summed E-state index contributed by atoms with van der Waals surface area (Å²) in [5, 5.41) is 3.27. The topological polar surface area (TPSA) is 33.2 Å². The maximum atomic E-state index is 11.3. The van der Waals surface area contributed by atoms with Crippen LogP contribution in [0, 0.1) is 6.92 Å². The number of carbonyl (C=O) groups is 1. The van der Waals surface area contributed by atoms with E-state index in [1.807, 2.05) is 11.8 Å². The van der Waals surface area contributed by atoms with E-state index in [-0.39, 0.29) is 0 Å². The first-order valence-electron chi connectivity index (χ1n) is 5.44. The lowest BCUT2D eigenvalue weighted by Crippen LogP contribution is -2.25. The molecule has 3 nitrogen and oxygen atoms in total. The van der Waals surface area contributed by atoms with Gasteiger partial charge in [-0.3, -0.25) is 4.79 Å². The smallest absolute Gasteiger partial charge is 0.222 e. The molecule has 1 aromatic heterocycles. The Labute approximate surface area is 94.1 Å². The lowest BCUT2D eigenvalue weighted by atomic mass is 10.3. The molecule has 1 amide bonds. The molecule has 2 rings (SSSR count). The minimum Gasteiger partial charge on any atom is -0.343 e. The molecule has 4 heteroatoms. The maximum Gasteiger partial charge on any atom is 0.222 e. The Morgan fingerprint density at radius 1 is 1.60 bits per heavy atom. The van der Waals surface area contributed by atoms with Crippen LogP contribution in [-0.2, 0) is 11.2 Å². The predicted molar refractivity (Wildman–Crippen MR) is 61.0 cm³/mol. The molecule has 0 bridgehead atoms. The molecule has 82 valence electrons. The first kappa shape index (κ1) is 10.6. The minimum absolute atomic E-state index is 0.324. The fourth-order valence-electron chi connectivity index (χ4n) is 1.88. The van der Waals surface area contributed by atoms with Gasteiger partial charge in [0.2, 0.25) is 5.91 Å². The van der Waals surface area contributed by atoms with Crippen LogP contribution < -0.4 is 0 Å². The molecular formula is C11H16N2OS. The second kappa shape index (κ2) is 4.75. The Morgan fingerprint density at radius 2 is 2.47 bits per heavy atom. The third-order valence-corrected chi connectivity index (χ3v) is 3.68. The van der Waals surface area contributed by atoms with Crippen LogP contribution in [0.15, 0.2) is 5.38 Å². The predicted octanol–water partition coefficient (Wildman–Crippen LogP) is 2.01. The summed E-state index contributed by atoms with van der Waals surface area (Å²) in [7, 11) is 0. The van der Waals surface area contributed by atoms with Crippen LogP contribution in [0.25, 0.3) is 0 Å². The summed E-state index contributed by atoms with van der Waals surface area (Å²) in [6.07, 6.45) is 3.83. The van der Waals surface area contributed by atoms with Crippen molar-refractivity contribution in [3.05, 3.63) is 16.1 Å². The van der Waals surface area contributed by atoms with Crippen molar-refractivity contribution in [3.8, 4) is 0 Å². The van der Waals surface area contributed by atoms with Gasteiger partial charge in [0, 0.05) is 37.0 Å². The summed E-state index contributed by atoms with van der Waals surface area (Å²) < 4.78 is 0. The third kappa shape index (κ3) is 2.78. The normalized spacial score (nSPS) is 16.3. The van der Waals surface area contributed by atoms with Gasteiger partial charge in [-0.05, 0) is 19.8 Å². The highest BCUT2D eigenvalue weighted by atomic mass is 32.1. The Balaban J connectivity index is 1.73. The number of hydrogen-bond acceptors (Lipinski definition) is 3. The molecule has 0 atom stereocenters. The molecule has 0 aromatic carbocycles. The highest BCUT2D eigenvalue weighted by Crippen LogP contribution is 2.13. The Morgan fingerprint density at radius 3 is 3.07 bits per heavy atom. The zero-order valence-corrected chi connectivity index (χ0v) is 9.85. The number of carbonyl (C=O) groups excluding carboxylic acids is 1. The monoisotopic (exact) mass is 224 g/mol. The Bertz CT molecular complexity index is 348. The average molecular weight is 224 g/mol. The van der Waals surface area contributed by atoms with Crippen molar-refractivity contribution in [1.82, 2.24) is 9.88 Å². The van der Waals surface area contributed by atoms with Crippen LogP contribution in [0.4, 0.5) is 0 Å². The number of nitrogens with zero attached hydrogens (tertiary/aromatic N) is 2. The number of likely N-dealkylation sites (tertiary alicyclic amines) is 1. The molecule has 0 aliphatic carbocycles. The van der Waals surface area contributed by atoms with Gasteiger partial charge in [-0.1, -0.05) is 0 Å². The van der Waals surface area contributed by atoms with Gasteiger partial charge < -0.3 is 4.90 Å². The zero-order chi connectivity index (χ0) is 10.7. The van der Waals surface area contributed by atoms with Crippen molar-refractivity contribution in [2.75, 3.05) is 13.1 Å². The highest BCUT2D eigenvalue weighted by Gasteiger charge is 2.19. The van der Waals surface area contributed by atoms with Crippen LogP contribution in [0.3, 0.4) is 0 Å². The number of thiazole rings is 1. The molecule has 15 heavy (non-hydrogen) atoms. The lowest BCUT2D eigenvalue weighted by Gasteiger charge is -2.14. The molecule has 0 spiro atoms. The number of aromatic nitrogens is 1. The molecule has 1 aromatic rings. The van der Waals surface area contributed by atoms with Crippen LogP contribution in [0.2, 0.25) is 0 Å². The van der Waals surface area contributed by atoms with Crippen molar-refractivity contribution in [2.24, 2.45) is 0 Å². The summed E-state index contributed by atoms with van der Waals surface area (Å²) in [4.78, 5) is 17.7. The second-order valence-corrected chi connectivity index (χ2v) is 4.91. The standard InChI is InChI=1S/C11H16N2OS/c1-9-8-15-10(12-9)4-2-6-13-7-3-5-11(13)14/h8H,2-7H2,1H3. The van der Waals surface area contributed by atoms with E-state index in [1.165, 1.54) is 5.01 Å². The fraction of sp³-hybridized carbons (Fsp3) is 0.636. The van der Waals surface area contributed by atoms with E-state index >= 15 is 0 Å². The van der Waals surface area contributed by atoms with Crippen LogP contribution in [-0.4, -0.2) is 28.9 Å². The summed E-state index contributed by atoms with van der Waals surface area (Å²) >= 11 is 1.72. The molecule has 1 aliphatic heterocycles. The van der Waals surface area contributed by atoms with Gasteiger partial charge in [0.25, 0.3) is 0 Å². The average Bonchev–Trinajstić information content (AvgIpc) is 2.77. The van der Waals surface area contributed by atoms with E-state index in [1.54, 1.807) is 11.3 Å². The van der Waals surface area contributed by atoms with Crippen molar-refractivity contribution in [3.63, 3.8) is 0 Å². The molecule has 1 aliphatic rings. The molecule has 0 unspecified atom stereocenters. The van der Waals surface area contributed by atoms with Gasteiger partial charge in [-0.2, -0.15) is 0 Å². The molecular weight excluding hydrogens is 208 g/mol. The van der Waals surface area contributed by atoms with Crippen LogP contribution in [0.1, 0.15) is 30.0 Å². The van der Waals surface area contributed by atoms with E-state index in [9.17, 15) is 4.79 Å². The van der Waals surface area contributed by atoms with E-state index in [0.29, 0.717) is 5.91 Å². The summed E-state index contributed by atoms with van der Waals surface area (Å²) in [5.41, 5.74) is 1.10. The number of aryl methyl sites for hydroxylation is 2. The largest absolute Gasteiger partial charge is 0.343 e. The Hall–Kier alpha value is -0.900. The quantitative estimate of drug-likeness (QED) is 0.783. The van der Waals surface area contributed by atoms with Crippen LogP contribution in [0.5, 0.6) is 0 Å². The molecule has 1 fully saturated rings. The second-order valence-electron chi connectivity index (χ2n) is 3.97. The lowest BCUT2D eigenvalue weighted by molar-refractivity contribution is -0.127.